The number of hydrogen-bond donors (Lipinski definition) is 0. The number of aryl methyl sites for hydroxylation is 1. The number of hydrogen-bond acceptors (Lipinski definition) is 1. The molecule has 58 valence electrons. The third-order valence-electron chi connectivity index (χ3n) is 1.36. The SMILES string of the molecule is Cc1cccc([O][Al]([CH3])[CH3])c1. The zero-order valence-corrected chi connectivity index (χ0v) is 8.45. The molecule has 0 N–H and O–H groups in total. The summed E-state index contributed by atoms with van der Waals surface area (Å²) in [6, 6.07) is 8.20. The van der Waals surface area contributed by atoms with Crippen LogP contribution in [0.5, 0.6) is 5.75 Å². The van der Waals surface area contributed by atoms with E-state index in [4.69, 9.17) is 3.79 Å². The summed E-state index contributed by atoms with van der Waals surface area (Å²) in [5.74, 6) is 5.36. The normalized spacial score (nSPS) is 9.36. The van der Waals surface area contributed by atoms with Crippen molar-refractivity contribution in [3.8, 4) is 5.75 Å². The van der Waals surface area contributed by atoms with Crippen molar-refractivity contribution in [2.24, 2.45) is 0 Å². The van der Waals surface area contributed by atoms with Crippen LogP contribution < -0.4 is 3.79 Å². The monoisotopic (exact) mass is 164 g/mol. The summed E-state index contributed by atoms with van der Waals surface area (Å²) in [6.07, 6.45) is 0. The van der Waals surface area contributed by atoms with E-state index >= 15 is 0 Å². The van der Waals surface area contributed by atoms with Crippen molar-refractivity contribution >= 4 is 14.5 Å². The van der Waals surface area contributed by atoms with Gasteiger partial charge in [0.2, 0.25) is 0 Å². The van der Waals surface area contributed by atoms with E-state index in [1.807, 2.05) is 12.1 Å². The molecular formula is C9H13AlO. The van der Waals surface area contributed by atoms with Gasteiger partial charge in [0, 0.05) is 0 Å². The number of rotatable bonds is 2. The van der Waals surface area contributed by atoms with Crippen molar-refractivity contribution < 1.29 is 3.79 Å². The molecule has 0 heterocycles. The maximum atomic E-state index is 5.63. The molecule has 2 heteroatoms. The molecule has 0 radical (unpaired) electrons. The van der Waals surface area contributed by atoms with Gasteiger partial charge in [0.25, 0.3) is 0 Å². The molecule has 0 aromatic heterocycles. The Kier molecular flexibility index (Phi) is 2.99. The van der Waals surface area contributed by atoms with Crippen molar-refractivity contribution in [3.63, 3.8) is 0 Å². The molecule has 1 nitrogen and oxygen atoms in total. The Morgan fingerprint density at radius 1 is 1.27 bits per heavy atom. The fourth-order valence-electron chi connectivity index (χ4n) is 0.961. The van der Waals surface area contributed by atoms with E-state index in [9.17, 15) is 0 Å². The summed E-state index contributed by atoms with van der Waals surface area (Å²) >= 11 is -0.918. The average molecular weight is 164 g/mol. The zero-order chi connectivity index (χ0) is 8.27. The standard InChI is InChI=1S/C7H8O.2CH3.Al/c1-6-3-2-4-7(8)5-6;;;/h2-5,8H,1H3;2*1H3;/q;;;+1/p-1. The van der Waals surface area contributed by atoms with Crippen LogP contribution in [0.1, 0.15) is 5.56 Å². The Morgan fingerprint density at radius 3 is 2.55 bits per heavy atom. The molecule has 0 saturated heterocycles. The van der Waals surface area contributed by atoms with Gasteiger partial charge in [0.05, 0.1) is 5.75 Å². The first-order valence-electron chi connectivity index (χ1n) is 3.92. The Labute approximate surface area is 72.7 Å². The molecule has 1 aromatic carbocycles. The fraction of sp³-hybridized carbons (Fsp3) is 0.333. The highest BCUT2D eigenvalue weighted by Gasteiger charge is 2.05. The lowest BCUT2D eigenvalue weighted by molar-refractivity contribution is 0.580. The molecule has 0 unspecified atom stereocenters. The van der Waals surface area contributed by atoms with Crippen LogP contribution in [-0.4, -0.2) is 14.5 Å². The molecule has 0 atom stereocenters. The van der Waals surface area contributed by atoms with Crippen LogP contribution in [-0.2, 0) is 0 Å². The zero-order valence-electron chi connectivity index (χ0n) is 7.29. The quantitative estimate of drug-likeness (QED) is 0.610. The van der Waals surface area contributed by atoms with Gasteiger partial charge in [-0.05, 0) is 24.6 Å². The van der Waals surface area contributed by atoms with E-state index in [0.29, 0.717) is 0 Å². The summed E-state index contributed by atoms with van der Waals surface area (Å²) in [6.45, 7) is 2.08. The first-order chi connectivity index (χ1) is 5.18. The van der Waals surface area contributed by atoms with Crippen LogP contribution in [0.25, 0.3) is 0 Å². The first kappa shape index (κ1) is 8.65. The smallest absolute Gasteiger partial charge is 0.539 e. The van der Waals surface area contributed by atoms with Crippen LogP contribution in [0.3, 0.4) is 0 Å². The van der Waals surface area contributed by atoms with Gasteiger partial charge in [-0.2, -0.15) is 0 Å². The minimum absolute atomic E-state index is 0.918. The third kappa shape index (κ3) is 2.97. The van der Waals surface area contributed by atoms with Crippen molar-refractivity contribution in [3.05, 3.63) is 29.8 Å². The van der Waals surface area contributed by atoms with Crippen LogP contribution in [0.2, 0.25) is 11.6 Å². The molecule has 1 rings (SSSR count). The largest absolute Gasteiger partial charge is 0.643 e. The van der Waals surface area contributed by atoms with Crippen LogP contribution in [0.4, 0.5) is 0 Å². The van der Waals surface area contributed by atoms with E-state index in [2.05, 4.69) is 30.6 Å². The highest BCUT2D eigenvalue weighted by molar-refractivity contribution is 6.49. The van der Waals surface area contributed by atoms with Crippen LogP contribution in [0.15, 0.2) is 24.3 Å². The topological polar surface area (TPSA) is 9.23 Å². The minimum atomic E-state index is -0.918. The summed E-state index contributed by atoms with van der Waals surface area (Å²) in [4.78, 5) is 0. The van der Waals surface area contributed by atoms with Gasteiger partial charge in [-0.25, -0.2) is 0 Å². The maximum absolute atomic E-state index is 5.63. The fourth-order valence-corrected chi connectivity index (χ4v) is 1.65. The molecule has 1 aromatic rings. The van der Waals surface area contributed by atoms with E-state index < -0.39 is 14.5 Å². The number of benzene rings is 1. The van der Waals surface area contributed by atoms with Gasteiger partial charge in [0.15, 0.2) is 0 Å². The molecule has 0 amide bonds. The predicted octanol–water partition coefficient (Wildman–Crippen LogP) is 2.62. The van der Waals surface area contributed by atoms with Gasteiger partial charge < -0.3 is 3.79 Å². The summed E-state index contributed by atoms with van der Waals surface area (Å²) in [5.41, 5.74) is 1.26. The molecule has 0 aliphatic heterocycles. The van der Waals surface area contributed by atoms with Gasteiger partial charge >= 0.3 is 14.5 Å². The Balaban J connectivity index is 2.71. The third-order valence-corrected chi connectivity index (χ3v) is 2.10. The molecule has 0 fully saturated rings. The minimum Gasteiger partial charge on any atom is -0.643 e. The molecule has 11 heavy (non-hydrogen) atoms. The summed E-state index contributed by atoms with van der Waals surface area (Å²) < 4.78 is 5.63. The van der Waals surface area contributed by atoms with Gasteiger partial charge in [-0.15, -0.1) is 0 Å². The lowest BCUT2D eigenvalue weighted by Gasteiger charge is -2.07. The molecule has 0 saturated carbocycles. The second-order valence-electron chi connectivity index (χ2n) is 2.98. The van der Waals surface area contributed by atoms with Crippen LogP contribution >= 0.6 is 0 Å². The van der Waals surface area contributed by atoms with E-state index in [0.717, 1.165) is 5.75 Å². The second-order valence-corrected chi connectivity index (χ2v) is 5.32. The predicted molar refractivity (Wildman–Crippen MR) is 49.3 cm³/mol. The lowest BCUT2D eigenvalue weighted by Crippen LogP contribution is -2.10. The Hall–Kier alpha value is -0.448. The average Bonchev–Trinajstić information content (AvgIpc) is 1.85. The lowest BCUT2D eigenvalue weighted by atomic mass is 10.2. The van der Waals surface area contributed by atoms with Crippen LogP contribution in [0, 0.1) is 6.92 Å². The summed E-state index contributed by atoms with van der Waals surface area (Å²) in [5, 5.41) is 0. The van der Waals surface area contributed by atoms with E-state index in [1.54, 1.807) is 0 Å². The van der Waals surface area contributed by atoms with E-state index in [-0.39, 0.29) is 0 Å². The van der Waals surface area contributed by atoms with E-state index in [1.165, 1.54) is 5.56 Å². The Morgan fingerprint density at radius 2 is 2.00 bits per heavy atom. The molecule has 0 spiro atoms. The van der Waals surface area contributed by atoms with Gasteiger partial charge in [-0.1, -0.05) is 23.7 Å². The molecule has 0 aliphatic carbocycles. The highest BCUT2D eigenvalue weighted by Crippen LogP contribution is 2.12. The van der Waals surface area contributed by atoms with Gasteiger partial charge in [-0.3, -0.25) is 0 Å². The van der Waals surface area contributed by atoms with Gasteiger partial charge in [0.1, 0.15) is 0 Å². The highest BCUT2D eigenvalue weighted by atomic mass is 27.2. The van der Waals surface area contributed by atoms with Crippen molar-refractivity contribution in [2.75, 3.05) is 0 Å². The van der Waals surface area contributed by atoms with Crippen molar-refractivity contribution in [1.82, 2.24) is 0 Å². The van der Waals surface area contributed by atoms with Crippen molar-refractivity contribution in [2.45, 2.75) is 18.5 Å². The molecular weight excluding hydrogens is 151 g/mol. The summed E-state index contributed by atoms with van der Waals surface area (Å²) in [7, 11) is 0. The molecule has 0 bridgehead atoms. The second kappa shape index (κ2) is 3.80. The Bertz CT molecular complexity index is 233. The maximum Gasteiger partial charge on any atom is 0.539 e. The first-order valence-corrected chi connectivity index (χ1v) is 6.70. The van der Waals surface area contributed by atoms with Crippen molar-refractivity contribution in [1.29, 1.82) is 0 Å². The molecule has 0 aliphatic rings.